The van der Waals surface area contributed by atoms with Crippen molar-refractivity contribution in [2.24, 2.45) is 5.92 Å². The molecule has 1 aliphatic heterocycles. The van der Waals surface area contributed by atoms with E-state index in [1.807, 2.05) is 6.92 Å². The SMILES string of the molecule is COc1ccc(S(=O)(=O)NCC2CCN(Cc3ccsc3)CC2)cc1C. The highest BCUT2D eigenvalue weighted by Crippen LogP contribution is 2.23. The molecule has 1 fully saturated rings. The fourth-order valence-corrected chi connectivity index (χ4v) is 5.18. The van der Waals surface area contributed by atoms with Crippen LogP contribution >= 0.6 is 11.3 Å². The Kier molecular flexibility index (Phi) is 6.34. The number of ether oxygens (including phenoxy) is 1. The van der Waals surface area contributed by atoms with Gasteiger partial charge in [-0.2, -0.15) is 11.3 Å². The van der Waals surface area contributed by atoms with E-state index in [2.05, 4.69) is 26.4 Å². The quantitative estimate of drug-likeness (QED) is 0.783. The van der Waals surface area contributed by atoms with Crippen molar-refractivity contribution in [3.8, 4) is 5.75 Å². The van der Waals surface area contributed by atoms with Crippen LogP contribution in [0.25, 0.3) is 0 Å². The zero-order valence-electron chi connectivity index (χ0n) is 15.3. The number of hydrogen-bond acceptors (Lipinski definition) is 5. The van der Waals surface area contributed by atoms with Gasteiger partial charge in [-0.05, 0) is 84.9 Å². The van der Waals surface area contributed by atoms with Crippen molar-refractivity contribution >= 4 is 21.4 Å². The van der Waals surface area contributed by atoms with E-state index in [1.165, 1.54) is 5.56 Å². The Balaban J connectivity index is 1.50. The molecule has 0 atom stereocenters. The Morgan fingerprint density at radius 2 is 2.04 bits per heavy atom. The maximum absolute atomic E-state index is 12.5. The van der Waals surface area contributed by atoms with Crippen molar-refractivity contribution in [3.63, 3.8) is 0 Å². The van der Waals surface area contributed by atoms with Crippen molar-refractivity contribution in [3.05, 3.63) is 46.2 Å². The van der Waals surface area contributed by atoms with Crippen molar-refractivity contribution in [2.75, 3.05) is 26.7 Å². The molecule has 2 heterocycles. The smallest absolute Gasteiger partial charge is 0.240 e. The van der Waals surface area contributed by atoms with E-state index in [9.17, 15) is 8.42 Å². The minimum absolute atomic E-state index is 0.297. The Hall–Kier alpha value is -1.41. The average molecular weight is 395 g/mol. The lowest BCUT2D eigenvalue weighted by atomic mass is 9.97. The number of aryl methyl sites for hydroxylation is 1. The lowest BCUT2D eigenvalue weighted by Crippen LogP contribution is -2.38. The number of likely N-dealkylation sites (tertiary alicyclic amines) is 1. The Bertz CT molecular complexity index is 811. The van der Waals surface area contributed by atoms with Crippen molar-refractivity contribution in [2.45, 2.75) is 31.2 Å². The van der Waals surface area contributed by atoms with E-state index < -0.39 is 10.0 Å². The predicted octanol–water partition coefficient (Wildman–Crippen LogP) is 3.26. The van der Waals surface area contributed by atoms with Crippen LogP contribution in [0.15, 0.2) is 39.9 Å². The standard InChI is InChI=1S/C19H26N2O3S2/c1-15-11-18(3-4-19(15)24-2)26(22,23)20-12-16-5-8-21(9-6-16)13-17-7-10-25-14-17/h3-4,7,10-11,14,16,20H,5-6,8-9,12-13H2,1-2H3. The molecule has 1 aromatic carbocycles. The Morgan fingerprint density at radius 3 is 2.65 bits per heavy atom. The third-order valence-corrected chi connectivity index (χ3v) is 7.09. The molecule has 142 valence electrons. The minimum atomic E-state index is -3.48. The second-order valence-electron chi connectivity index (χ2n) is 6.83. The first-order valence-corrected chi connectivity index (χ1v) is 11.3. The van der Waals surface area contributed by atoms with Crippen molar-refractivity contribution in [1.82, 2.24) is 9.62 Å². The Morgan fingerprint density at radius 1 is 1.27 bits per heavy atom. The summed E-state index contributed by atoms with van der Waals surface area (Å²) < 4.78 is 33.1. The van der Waals surface area contributed by atoms with Gasteiger partial charge < -0.3 is 4.74 Å². The Labute approximate surface area is 160 Å². The summed E-state index contributed by atoms with van der Waals surface area (Å²) in [5.41, 5.74) is 2.18. The molecule has 0 saturated carbocycles. The molecule has 1 aromatic heterocycles. The maximum atomic E-state index is 12.5. The molecule has 5 nitrogen and oxygen atoms in total. The number of hydrogen-bond donors (Lipinski definition) is 1. The molecule has 3 rings (SSSR count). The molecule has 26 heavy (non-hydrogen) atoms. The van der Waals surface area contributed by atoms with Crippen LogP contribution in [-0.2, 0) is 16.6 Å². The van der Waals surface area contributed by atoms with Crippen LogP contribution in [0.1, 0.15) is 24.0 Å². The molecule has 0 spiro atoms. The van der Waals surface area contributed by atoms with Gasteiger partial charge in [0.2, 0.25) is 10.0 Å². The summed E-state index contributed by atoms with van der Waals surface area (Å²) in [6, 6.07) is 7.12. The number of methoxy groups -OCH3 is 1. The van der Waals surface area contributed by atoms with Gasteiger partial charge in [-0.3, -0.25) is 4.90 Å². The summed E-state index contributed by atoms with van der Waals surface area (Å²) in [7, 11) is -1.90. The number of sulfonamides is 1. The van der Waals surface area contributed by atoms with Crippen LogP contribution in [0.2, 0.25) is 0 Å². The number of nitrogens with one attached hydrogen (secondary N) is 1. The molecule has 1 aliphatic rings. The van der Waals surface area contributed by atoms with Crippen molar-refractivity contribution < 1.29 is 13.2 Å². The number of thiophene rings is 1. The zero-order valence-corrected chi connectivity index (χ0v) is 16.9. The second kappa shape index (κ2) is 8.52. The van der Waals surface area contributed by atoms with E-state index in [-0.39, 0.29) is 0 Å². The fourth-order valence-electron chi connectivity index (χ4n) is 3.32. The lowest BCUT2D eigenvalue weighted by Gasteiger charge is -2.31. The van der Waals surface area contributed by atoms with Crippen molar-refractivity contribution in [1.29, 1.82) is 0 Å². The first-order chi connectivity index (χ1) is 12.5. The van der Waals surface area contributed by atoms with Crippen LogP contribution in [0.4, 0.5) is 0 Å². The van der Waals surface area contributed by atoms with Crippen LogP contribution < -0.4 is 9.46 Å². The van der Waals surface area contributed by atoms with E-state index in [0.29, 0.717) is 23.1 Å². The average Bonchev–Trinajstić information content (AvgIpc) is 3.14. The minimum Gasteiger partial charge on any atom is -0.496 e. The summed E-state index contributed by atoms with van der Waals surface area (Å²) in [4.78, 5) is 2.74. The second-order valence-corrected chi connectivity index (χ2v) is 9.38. The molecule has 1 saturated heterocycles. The van der Waals surface area contributed by atoms with Crippen LogP contribution in [-0.4, -0.2) is 40.1 Å². The monoisotopic (exact) mass is 394 g/mol. The third kappa shape index (κ3) is 4.85. The molecule has 7 heteroatoms. The van der Waals surface area contributed by atoms with Gasteiger partial charge in [0.1, 0.15) is 5.75 Å². The highest BCUT2D eigenvalue weighted by atomic mass is 32.2. The van der Waals surface area contributed by atoms with Gasteiger partial charge in [-0.1, -0.05) is 0 Å². The molecule has 0 amide bonds. The van der Waals surface area contributed by atoms with Crippen LogP contribution in [0.3, 0.4) is 0 Å². The van der Waals surface area contributed by atoms with E-state index in [1.54, 1.807) is 36.6 Å². The topological polar surface area (TPSA) is 58.6 Å². The fraction of sp³-hybridized carbons (Fsp3) is 0.474. The molecular formula is C19H26N2O3S2. The molecular weight excluding hydrogens is 368 g/mol. The normalized spacial score (nSPS) is 16.7. The summed E-state index contributed by atoms with van der Waals surface area (Å²) >= 11 is 1.73. The van der Waals surface area contributed by atoms with Crippen LogP contribution in [0, 0.1) is 12.8 Å². The van der Waals surface area contributed by atoms with Gasteiger partial charge >= 0.3 is 0 Å². The first-order valence-electron chi connectivity index (χ1n) is 8.85. The van der Waals surface area contributed by atoms with Gasteiger partial charge in [-0.15, -0.1) is 0 Å². The van der Waals surface area contributed by atoms with E-state index in [4.69, 9.17) is 4.74 Å². The molecule has 1 N–H and O–H groups in total. The molecule has 0 unspecified atom stereocenters. The predicted molar refractivity (Wildman–Crippen MR) is 105 cm³/mol. The zero-order chi connectivity index (χ0) is 18.6. The largest absolute Gasteiger partial charge is 0.496 e. The molecule has 0 aliphatic carbocycles. The van der Waals surface area contributed by atoms with E-state index >= 15 is 0 Å². The van der Waals surface area contributed by atoms with Gasteiger partial charge in [-0.25, -0.2) is 13.1 Å². The van der Waals surface area contributed by atoms with Gasteiger partial charge in [0, 0.05) is 13.1 Å². The third-order valence-electron chi connectivity index (χ3n) is 4.93. The summed E-state index contributed by atoms with van der Waals surface area (Å²) in [6.07, 6.45) is 2.04. The number of nitrogens with zero attached hydrogens (tertiary/aromatic N) is 1. The summed E-state index contributed by atoms with van der Waals surface area (Å²) in [6.45, 7) is 5.38. The summed E-state index contributed by atoms with van der Waals surface area (Å²) in [5.74, 6) is 1.09. The summed E-state index contributed by atoms with van der Waals surface area (Å²) in [5, 5.41) is 4.30. The highest BCUT2D eigenvalue weighted by Gasteiger charge is 2.22. The molecule has 2 aromatic rings. The van der Waals surface area contributed by atoms with Crippen LogP contribution in [0.5, 0.6) is 5.75 Å². The van der Waals surface area contributed by atoms with Gasteiger partial charge in [0.15, 0.2) is 0 Å². The number of benzene rings is 1. The number of rotatable bonds is 7. The van der Waals surface area contributed by atoms with Gasteiger partial charge in [0.25, 0.3) is 0 Å². The highest BCUT2D eigenvalue weighted by molar-refractivity contribution is 7.89. The lowest BCUT2D eigenvalue weighted by molar-refractivity contribution is 0.179. The molecule has 0 bridgehead atoms. The van der Waals surface area contributed by atoms with Gasteiger partial charge in [0.05, 0.1) is 12.0 Å². The first kappa shape index (κ1) is 19.4. The number of piperidine rings is 1. The maximum Gasteiger partial charge on any atom is 0.240 e. The van der Waals surface area contributed by atoms with E-state index in [0.717, 1.165) is 38.0 Å². The molecule has 0 radical (unpaired) electrons.